The van der Waals surface area contributed by atoms with Crippen molar-refractivity contribution in [2.24, 2.45) is 0 Å². The minimum absolute atomic E-state index is 0.0855. The lowest BCUT2D eigenvalue weighted by molar-refractivity contribution is 0.591. The van der Waals surface area contributed by atoms with Crippen LogP contribution in [0.25, 0.3) is 43.4 Å². The van der Waals surface area contributed by atoms with Crippen LogP contribution in [0.15, 0.2) is 133 Å². The van der Waals surface area contributed by atoms with E-state index < -0.39 is 0 Å². The zero-order valence-electron chi connectivity index (χ0n) is 22.6. The third-order valence-electron chi connectivity index (χ3n) is 7.91. The van der Waals surface area contributed by atoms with Crippen molar-refractivity contribution in [3.63, 3.8) is 0 Å². The Hall–Kier alpha value is -4.62. The van der Waals surface area contributed by atoms with Crippen LogP contribution in [0.5, 0.6) is 0 Å². The first-order valence-electron chi connectivity index (χ1n) is 13.7. The molecule has 39 heavy (non-hydrogen) atoms. The Morgan fingerprint density at radius 2 is 1.00 bits per heavy atom. The van der Waals surface area contributed by atoms with Crippen LogP contribution in [0.1, 0.15) is 26.3 Å². The molecule has 7 aromatic rings. The molecule has 1 heteroatoms. The van der Waals surface area contributed by atoms with E-state index >= 15 is 0 Å². The largest absolute Gasteiger partial charge is 0.310 e. The highest BCUT2D eigenvalue weighted by molar-refractivity contribution is 6.28. The van der Waals surface area contributed by atoms with Crippen LogP contribution >= 0.6 is 0 Å². The smallest absolute Gasteiger partial charge is 0.0546 e. The van der Waals surface area contributed by atoms with Gasteiger partial charge in [0.1, 0.15) is 0 Å². The molecule has 0 aliphatic rings. The van der Waals surface area contributed by atoms with Crippen molar-refractivity contribution >= 4 is 49.4 Å². The van der Waals surface area contributed by atoms with E-state index in [1.165, 1.54) is 54.7 Å². The third-order valence-corrected chi connectivity index (χ3v) is 7.91. The van der Waals surface area contributed by atoms with Crippen molar-refractivity contribution in [3.05, 3.63) is 139 Å². The Kier molecular flexibility index (Phi) is 5.42. The molecule has 0 saturated heterocycles. The summed E-state index contributed by atoms with van der Waals surface area (Å²) >= 11 is 0. The first-order chi connectivity index (χ1) is 19.0. The topological polar surface area (TPSA) is 3.24 Å². The zero-order chi connectivity index (χ0) is 26.6. The maximum absolute atomic E-state index is 2.40. The van der Waals surface area contributed by atoms with Gasteiger partial charge in [0, 0.05) is 22.1 Å². The number of nitrogens with zero attached hydrogens (tertiary/aromatic N) is 1. The van der Waals surface area contributed by atoms with Gasteiger partial charge in [-0.15, -0.1) is 0 Å². The molecule has 0 heterocycles. The van der Waals surface area contributed by atoms with Crippen molar-refractivity contribution in [1.29, 1.82) is 0 Å². The summed E-state index contributed by atoms with van der Waals surface area (Å²) in [6.07, 6.45) is 0. The Balaban J connectivity index is 1.64. The van der Waals surface area contributed by atoms with E-state index in [0.29, 0.717) is 0 Å². The fourth-order valence-corrected chi connectivity index (χ4v) is 5.95. The van der Waals surface area contributed by atoms with Gasteiger partial charge in [-0.25, -0.2) is 0 Å². The minimum atomic E-state index is 0.0855. The summed E-state index contributed by atoms with van der Waals surface area (Å²) in [6, 6.07) is 48.7. The maximum Gasteiger partial charge on any atom is 0.0546 e. The second-order valence-corrected chi connectivity index (χ2v) is 11.5. The number of rotatable bonds is 4. The molecule has 0 aliphatic carbocycles. The first kappa shape index (κ1) is 23.5. The Morgan fingerprint density at radius 3 is 1.54 bits per heavy atom. The molecule has 0 spiro atoms. The van der Waals surface area contributed by atoms with Gasteiger partial charge in [0.05, 0.1) is 5.69 Å². The third kappa shape index (κ3) is 3.94. The van der Waals surface area contributed by atoms with Crippen LogP contribution in [0, 0.1) is 0 Å². The van der Waals surface area contributed by atoms with Crippen molar-refractivity contribution in [3.8, 4) is 11.1 Å². The van der Waals surface area contributed by atoms with Gasteiger partial charge in [-0.3, -0.25) is 0 Å². The van der Waals surface area contributed by atoms with E-state index in [2.05, 4.69) is 159 Å². The highest BCUT2D eigenvalue weighted by Gasteiger charge is 2.22. The molecule has 0 aromatic heterocycles. The predicted octanol–water partition coefficient (Wildman–Crippen LogP) is 11.0. The Bertz CT molecular complexity index is 1860. The van der Waals surface area contributed by atoms with E-state index in [0.717, 1.165) is 11.4 Å². The van der Waals surface area contributed by atoms with Crippen LogP contribution < -0.4 is 4.90 Å². The second-order valence-electron chi connectivity index (χ2n) is 11.5. The summed E-state index contributed by atoms with van der Waals surface area (Å²) in [4.78, 5) is 2.40. The molecule has 0 aliphatic heterocycles. The van der Waals surface area contributed by atoms with E-state index in [-0.39, 0.29) is 5.41 Å². The fourth-order valence-electron chi connectivity index (χ4n) is 5.95. The van der Waals surface area contributed by atoms with E-state index in [1.807, 2.05) is 0 Å². The molecule has 7 rings (SSSR count). The monoisotopic (exact) mass is 501 g/mol. The molecule has 0 saturated carbocycles. The normalized spacial score (nSPS) is 12.0. The van der Waals surface area contributed by atoms with Crippen LogP contribution in [0.4, 0.5) is 17.1 Å². The van der Waals surface area contributed by atoms with Crippen molar-refractivity contribution in [1.82, 2.24) is 0 Å². The van der Waals surface area contributed by atoms with Crippen LogP contribution in [0.2, 0.25) is 0 Å². The summed E-state index contributed by atoms with van der Waals surface area (Å²) < 4.78 is 0. The average Bonchev–Trinajstić information content (AvgIpc) is 2.97. The molecule has 0 unspecified atom stereocenters. The van der Waals surface area contributed by atoms with E-state index in [9.17, 15) is 0 Å². The number of para-hydroxylation sites is 2. The number of hydrogen-bond donors (Lipinski definition) is 0. The SMILES string of the molecule is CC(C)(C)c1cc2ccc3c(-c4ccccc4)cc(N(c4ccccc4)c4ccccc4)c4ccc(c1)c2c34. The summed E-state index contributed by atoms with van der Waals surface area (Å²) in [6.45, 7) is 6.88. The van der Waals surface area contributed by atoms with Crippen LogP contribution in [-0.2, 0) is 5.41 Å². The van der Waals surface area contributed by atoms with E-state index in [1.54, 1.807) is 0 Å². The van der Waals surface area contributed by atoms with Crippen molar-refractivity contribution in [2.45, 2.75) is 26.2 Å². The van der Waals surface area contributed by atoms with Gasteiger partial charge in [0.25, 0.3) is 0 Å². The number of anilines is 3. The lowest BCUT2D eigenvalue weighted by atomic mass is 9.82. The molecule has 7 aromatic carbocycles. The van der Waals surface area contributed by atoms with Crippen LogP contribution in [0.3, 0.4) is 0 Å². The molecule has 0 amide bonds. The molecule has 0 bridgehead atoms. The molecule has 0 fully saturated rings. The summed E-state index contributed by atoms with van der Waals surface area (Å²) in [5.41, 5.74) is 7.42. The maximum atomic E-state index is 2.40. The van der Waals surface area contributed by atoms with Gasteiger partial charge in [0.2, 0.25) is 0 Å². The van der Waals surface area contributed by atoms with Gasteiger partial charge in [-0.05, 0) is 74.0 Å². The lowest BCUT2D eigenvalue weighted by Crippen LogP contribution is -2.11. The zero-order valence-corrected chi connectivity index (χ0v) is 22.6. The molecular formula is C38H31N. The summed E-state index contributed by atoms with van der Waals surface area (Å²) in [7, 11) is 0. The van der Waals surface area contributed by atoms with Crippen LogP contribution in [-0.4, -0.2) is 0 Å². The van der Waals surface area contributed by atoms with Crippen molar-refractivity contribution < 1.29 is 0 Å². The summed E-state index contributed by atoms with van der Waals surface area (Å²) in [5, 5.41) is 7.84. The van der Waals surface area contributed by atoms with Gasteiger partial charge in [-0.2, -0.15) is 0 Å². The number of benzene rings is 7. The highest BCUT2D eigenvalue weighted by atomic mass is 15.1. The van der Waals surface area contributed by atoms with Gasteiger partial charge in [-0.1, -0.05) is 124 Å². The van der Waals surface area contributed by atoms with Gasteiger partial charge < -0.3 is 4.90 Å². The van der Waals surface area contributed by atoms with E-state index in [4.69, 9.17) is 0 Å². The molecular weight excluding hydrogens is 470 g/mol. The second kappa shape index (κ2) is 8.99. The Morgan fingerprint density at radius 1 is 0.487 bits per heavy atom. The number of hydrogen-bond acceptors (Lipinski definition) is 1. The Labute approximate surface area is 230 Å². The summed E-state index contributed by atoms with van der Waals surface area (Å²) in [5.74, 6) is 0. The van der Waals surface area contributed by atoms with Gasteiger partial charge >= 0.3 is 0 Å². The minimum Gasteiger partial charge on any atom is -0.310 e. The lowest BCUT2D eigenvalue weighted by Gasteiger charge is -2.29. The molecule has 188 valence electrons. The highest BCUT2D eigenvalue weighted by Crippen LogP contribution is 2.47. The predicted molar refractivity (Wildman–Crippen MR) is 169 cm³/mol. The average molecular weight is 502 g/mol. The first-order valence-corrected chi connectivity index (χ1v) is 13.7. The quantitative estimate of drug-likeness (QED) is 0.217. The molecule has 0 atom stereocenters. The van der Waals surface area contributed by atoms with Gasteiger partial charge in [0.15, 0.2) is 0 Å². The molecule has 1 nitrogen and oxygen atoms in total. The molecule has 0 radical (unpaired) electrons. The molecule has 0 N–H and O–H groups in total. The standard InChI is InChI=1S/C38H31N/c1-38(2,3)29-23-27-19-21-32-34(26-13-7-4-8-14-26)25-35(33-22-20-28(24-29)36(27)37(32)33)39(30-15-9-5-10-16-30)31-17-11-6-12-18-31/h4-25H,1-3H3. The fraction of sp³-hybridized carbons (Fsp3) is 0.105. The van der Waals surface area contributed by atoms with Crippen molar-refractivity contribution in [2.75, 3.05) is 4.90 Å².